The molecule has 0 aromatic carbocycles. The Kier molecular flexibility index (Phi) is 10.9. The molecule has 1 unspecified atom stereocenters. The number of nitrogens with one attached hydrogen (secondary N) is 2. The molecule has 2 atom stereocenters. The predicted octanol–water partition coefficient (Wildman–Crippen LogP) is 0.951. The lowest BCUT2D eigenvalue weighted by atomic mass is 10.2. The second-order valence-electron chi connectivity index (χ2n) is 8.29. The van der Waals surface area contributed by atoms with Gasteiger partial charge in [0, 0.05) is 28.7 Å². The normalized spacial score (nSPS) is 13.7. The summed E-state index contributed by atoms with van der Waals surface area (Å²) in [6.07, 6.45) is -1.05. The Bertz CT molecular complexity index is 622. The number of amides is 2. The molecule has 0 aliphatic heterocycles. The van der Waals surface area contributed by atoms with Gasteiger partial charge in [-0.2, -0.15) is 0 Å². The van der Waals surface area contributed by atoms with Crippen LogP contribution in [0.15, 0.2) is 0 Å². The third-order valence-electron chi connectivity index (χ3n) is 3.03. The summed E-state index contributed by atoms with van der Waals surface area (Å²) in [6, 6.07) is -1.25. The summed E-state index contributed by atoms with van der Waals surface area (Å²) < 4.78 is 22.1. The molecule has 0 bridgehead atoms. The van der Waals surface area contributed by atoms with Gasteiger partial charge in [0.2, 0.25) is 5.91 Å². The van der Waals surface area contributed by atoms with E-state index in [0.717, 1.165) is 0 Å². The van der Waals surface area contributed by atoms with Crippen LogP contribution in [0.4, 0.5) is 4.79 Å². The Morgan fingerprint density at radius 2 is 1.52 bits per heavy atom. The first-order valence-electron chi connectivity index (χ1n) is 9.15. The van der Waals surface area contributed by atoms with Crippen molar-refractivity contribution in [3.05, 3.63) is 0 Å². The van der Waals surface area contributed by atoms with Gasteiger partial charge in [-0.3, -0.25) is 13.8 Å². The van der Waals surface area contributed by atoms with E-state index in [-0.39, 0.29) is 30.9 Å². The van der Waals surface area contributed by atoms with Crippen molar-refractivity contribution in [1.82, 2.24) is 10.6 Å². The lowest BCUT2D eigenvalue weighted by Gasteiger charge is -2.21. The van der Waals surface area contributed by atoms with Gasteiger partial charge in [-0.1, -0.05) is 0 Å². The third-order valence-corrected chi connectivity index (χ3v) is 4.38. The van der Waals surface area contributed by atoms with Crippen LogP contribution in [0.3, 0.4) is 0 Å². The fraction of sp³-hybridized carbons (Fsp3) is 0.778. The van der Waals surface area contributed by atoms with Crippen molar-refractivity contribution in [3.63, 3.8) is 0 Å². The average molecular weight is 437 g/mol. The number of aliphatic carboxylic acids is 1. The molecule has 29 heavy (non-hydrogen) atoms. The quantitative estimate of drug-likeness (QED) is 0.429. The molecule has 0 saturated carbocycles. The Hall–Kier alpha value is -2.17. The van der Waals surface area contributed by atoms with E-state index in [0.29, 0.717) is 0 Å². The summed E-state index contributed by atoms with van der Waals surface area (Å²) in [4.78, 5) is 46.2. The van der Waals surface area contributed by atoms with Crippen LogP contribution in [-0.4, -0.2) is 68.5 Å². The van der Waals surface area contributed by atoms with Crippen molar-refractivity contribution in [1.29, 1.82) is 0 Å². The molecular formula is C18H32N2O8S. The molecule has 0 aliphatic carbocycles. The summed E-state index contributed by atoms with van der Waals surface area (Å²) >= 11 is 0. The zero-order valence-corrected chi connectivity index (χ0v) is 18.6. The average Bonchev–Trinajstić information content (AvgIpc) is 2.51. The van der Waals surface area contributed by atoms with Gasteiger partial charge in [-0.05, 0) is 48.0 Å². The van der Waals surface area contributed by atoms with Gasteiger partial charge in [-0.25, -0.2) is 9.59 Å². The Labute approximate surface area is 173 Å². The molecule has 2 amide bonds. The minimum atomic E-state index is -1.47. The number of ether oxygens (including phenoxy) is 2. The van der Waals surface area contributed by atoms with Crippen LogP contribution in [0.5, 0.6) is 0 Å². The highest BCUT2D eigenvalue weighted by atomic mass is 32.2. The predicted molar refractivity (Wildman–Crippen MR) is 107 cm³/mol. The molecule has 11 heteroatoms. The summed E-state index contributed by atoms with van der Waals surface area (Å²) in [6.45, 7) is 9.76. The van der Waals surface area contributed by atoms with Crippen molar-refractivity contribution in [2.24, 2.45) is 0 Å². The van der Waals surface area contributed by atoms with Crippen LogP contribution < -0.4 is 10.6 Å². The minimum absolute atomic E-state index is 0.00106. The molecule has 0 radical (unpaired) electrons. The lowest BCUT2D eigenvalue weighted by Crippen LogP contribution is -2.44. The zero-order chi connectivity index (χ0) is 22.8. The molecule has 0 aromatic heterocycles. The molecule has 0 saturated heterocycles. The largest absolute Gasteiger partial charge is 0.480 e. The molecule has 0 aromatic rings. The number of carboxylic acid groups (broad SMARTS) is 1. The fourth-order valence-corrected chi connectivity index (χ4v) is 3.02. The molecule has 168 valence electrons. The molecule has 0 spiro atoms. The number of rotatable bonds is 10. The first kappa shape index (κ1) is 26.8. The molecule has 0 fully saturated rings. The summed E-state index contributed by atoms with van der Waals surface area (Å²) in [7, 11) is -1.47. The van der Waals surface area contributed by atoms with Crippen LogP contribution >= 0.6 is 0 Å². The second kappa shape index (κ2) is 11.7. The maximum Gasteiger partial charge on any atom is 0.408 e. The van der Waals surface area contributed by atoms with E-state index < -0.39 is 52.0 Å². The standard InChI is InChI=1S/C18H32N2O8S/c1-17(2,3)27-14(22)11-19-13(21)8-10-29(26)9-7-12(15(23)24)20-16(25)28-18(4,5)6/h12H,7-11H2,1-6H3,(H,19,21)(H,20,25)(H,23,24)/t12-,29?/m0/s1. The highest BCUT2D eigenvalue weighted by molar-refractivity contribution is 7.84. The van der Waals surface area contributed by atoms with Crippen molar-refractivity contribution in [3.8, 4) is 0 Å². The smallest absolute Gasteiger partial charge is 0.408 e. The van der Waals surface area contributed by atoms with Crippen LogP contribution in [0.2, 0.25) is 0 Å². The highest BCUT2D eigenvalue weighted by Crippen LogP contribution is 2.08. The van der Waals surface area contributed by atoms with Crippen LogP contribution in [0, 0.1) is 0 Å². The number of carboxylic acids is 1. The van der Waals surface area contributed by atoms with Gasteiger partial charge in [0.15, 0.2) is 0 Å². The summed E-state index contributed by atoms with van der Waals surface area (Å²) in [5.74, 6) is -2.34. The fourth-order valence-electron chi connectivity index (χ4n) is 1.90. The molecule has 0 rings (SSSR count). The van der Waals surface area contributed by atoms with Crippen LogP contribution in [-0.2, 0) is 34.7 Å². The molecule has 3 N–H and O–H groups in total. The Morgan fingerprint density at radius 3 is 2.00 bits per heavy atom. The number of alkyl carbamates (subject to hydrolysis) is 1. The first-order valence-corrected chi connectivity index (χ1v) is 10.6. The molecule has 10 nitrogen and oxygen atoms in total. The van der Waals surface area contributed by atoms with Crippen LogP contribution in [0.1, 0.15) is 54.4 Å². The van der Waals surface area contributed by atoms with Crippen molar-refractivity contribution in [2.45, 2.75) is 71.6 Å². The van der Waals surface area contributed by atoms with E-state index in [1.807, 2.05) is 0 Å². The van der Waals surface area contributed by atoms with Gasteiger partial charge in [-0.15, -0.1) is 0 Å². The zero-order valence-electron chi connectivity index (χ0n) is 17.8. The van der Waals surface area contributed by atoms with E-state index in [1.165, 1.54) is 0 Å². The lowest BCUT2D eigenvalue weighted by molar-refractivity contribution is -0.154. The van der Waals surface area contributed by atoms with Crippen molar-refractivity contribution >= 4 is 34.7 Å². The summed E-state index contributed by atoms with van der Waals surface area (Å²) in [5, 5.41) is 13.8. The number of carbonyl (C=O) groups excluding carboxylic acids is 3. The monoisotopic (exact) mass is 436 g/mol. The number of hydrogen-bond donors (Lipinski definition) is 3. The first-order chi connectivity index (χ1) is 13.1. The maximum atomic E-state index is 12.0. The molecule has 0 heterocycles. The van der Waals surface area contributed by atoms with E-state index in [2.05, 4.69) is 10.6 Å². The topological polar surface area (TPSA) is 148 Å². The van der Waals surface area contributed by atoms with E-state index in [4.69, 9.17) is 9.47 Å². The minimum Gasteiger partial charge on any atom is -0.480 e. The summed E-state index contributed by atoms with van der Waals surface area (Å²) in [5.41, 5.74) is -1.43. The van der Waals surface area contributed by atoms with Crippen molar-refractivity contribution in [2.75, 3.05) is 18.1 Å². The van der Waals surface area contributed by atoms with E-state index in [1.54, 1.807) is 41.5 Å². The van der Waals surface area contributed by atoms with Gasteiger partial charge < -0.3 is 25.2 Å². The maximum absolute atomic E-state index is 12.0. The van der Waals surface area contributed by atoms with Gasteiger partial charge in [0.1, 0.15) is 23.8 Å². The Balaban J connectivity index is 4.28. The van der Waals surface area contributed by atoms with E-state index in [9.17, 15) is 28.5 Å². The number of carbonyl (C=O) groups is 4. The number of esters is 1. The Morgan fingerprint density at radius 1 is 0.966 bits per heavy atom. The molecule has 0 aliphatic rings. The van der Waals surface area contributed by atoms with Gasteiger partial charge in [0.05, 0.1) is 0 Å². The van der Waals surface area contributed by atoms with E-state index >= 15 is 0 Å². The SMILES string of the molecule is CC(C)(C)OC(=O)CNC(=O)CCS(=O)CC[C@H](NC(=O)OC(C)(C)C)C(=O)O. The second-order valence-corrected chi connectivity index (χ2v) is 9.98. The van der Waals surface area contributed by atoms with Gasteiger partial charge >= 0.3 is 18.0 Å². The number of hydrogen-bond acceptors (Lipinski definition) is 7. The molecular weight excluding hydrogens is 404 g/mol. The third kappa shape index (κ3) is 15.4. The van der Waals surface area contributed by atoms with Crippen molar-refractivity contribution < 1.29 is 38.0 Å². The van der Waals surface area contributed by atoms with Crippen LogP contribution in [0.25, 0.3) is 0 Å². The van der Waals surface area contributed by atoms with Gasteiger partial charge in [0.25, 0.3) is 0 Å². The highest BCUT2D eigenvalue weighted by Gasteiger charge is 2.24.